The highest BCUT2D eigenvalue weighted by molar-refractivity contribution is 8.00. The van der Waals surface area contributed by atoms with Crippen molar-refractivity contribution >= 4 is 29.3 Å². The number of nitrogens with zero attached hydrogens (tertiary/aromatic N) is 1. The van der Waals surface area contributed by atoms with Gasteiger partial charge in [0.05, 0.1) is 25.5 Å². The van der Waals surface area contributed by atoms with E-state index in [0.29, 0.717) is 11.3 Å². The third-order valence-corrected chi connectivity index (χ3v) is 5.05. The highest BCUT2D eigenvalue weighted by Gasteiger charge is 2.34. The first-order chi connectivity index (χ1) is 11.6. The van der Waals surface area contributed by atoms with Crippen LogP contribution in [0.1, 0.15) is 21.3 Å². The van der Waals surface area contributed by atoms with Gasteiger partial charge >= 0.3 is 5.97 Å². The van der Waals surface area contributed by atoms with Gasteiger partial charge in [0.2, 0.25) is 5.91 Å². The Kier molecular flexibility index (Phi) is 4.76. The summed E-state index contributed by atoms with van der Waals surface area (Å²) in [6.45, 7) is 0. The van der Waals surface area contributed by atoms with Gasteiger partial charge in [-0.25, -0.2) is 4.79 Å². The molecule has 0 N–H and O–H groups in total. The summed E-state index contributed by atoms with van der Waals surface area (Å²) in [5.74, 6) is 0.860. The number of carbonyl (C=O) groups is 2. The molecule has 0 radical (unpaired) electrons. The molecule has 0 bridgehead atoms. The predicted octanol–water partition coefficient (Wildman–Crippen LogP) is 3.26. The van der Waals surface area contributed by atoms with E-state index in [1.54, 1.807) is 48.0 Å². The van der Waals surface area contributed by atoms with Gasteiger partial charge in [0.1, 0.15) is 11.1 Å². The molecule has 0 spiro atoms. The highest BCUT2D eigenvalue weighted by Crippen LogP contribution is 2.42. The van der Waals surface area contributed by atoms with Gasteiger partial charge in [0.25, 0.3) is 0 Å². The molecule has 1 amide bonds. The van der Waals surface area contributed by atoms with Gasteiger partial charge < -0.3 is 9.47 Å². The van der Waals surface area contributed by atoms with E-state index >= 15 is 0 Å². The average molecular weight is 343 g/mol. The minimum absolute atomic E-state index is 0.0478. The Labute approximate surface area is 144 Å². The number of hydrogen-bond donors (Lipinski definition) is 0. The molecule has 6 heteroatoms. The Hall–Kier alpha value is -2.47. The van der Waals surface area contributed by atoms with Crippen molar-refractivity contribution in [2.75, 3.05) is 24.9 Å². The van der Waals surface area contributed by atoms with Crippen molar-refractivity contribution in [3.05, 3.63) is 59.7 Å². The van der Waals surface area contributed by atoms with Crippen LogP contribution in [0, 0.1) is 0 Å². The Bertz CT molecular complexity index is 743. The molecule has 0 aliphatic carbocycles. The smallest absolute Gasteiger partial charge is 0.337 e. The maximum absolute atomic E-state index is 12.3. The van der Waals surface area contributed by atoms with E-state index < -0.39 is 5.97 Å². The molecule has 2 aromatic rings. The number of hydrogen-bond acceptors (Lipinski definition) is 5. The lowest BCUT2D eigenvalue weighted by Crippen LogP contribution is -2.27. The van der Waals surface area contributed by atoms with Crippen LogP contribution in [0.25, 0.3) is 0 Å². The van der Waals surface area contributed by atoms with Gasteiger partial charge in [-0.2, -0.15) is 0 Å². The third kappa shape index (κ3) is 3.10. The molecular weight excluding hydrogens is 326 g/mol. The van der Waals surface area contributed by atoms with Crippen LogP contribution in [-0.2, 0) is 9.53 Å². The molecule has 1 saturated heterocycles. The van der Waals surface area contributed by atoms with Gasteiger partial charge in [0, 0.05) is 5.69 Å². The first kappa shape index (κ1) is 16.4. The maximum Gasteiger partial charge on any atom is 0.337 e. The summed E-state index contributed by atoms with van der Waals surface area (Å²) >= 11 is 1.58. The van der Waals surface area contributed by atoms with E-state index in [-0.39, 0.29) is 11.3 Å². The summed E-state index contributed by atoms with van der Waals surface area (Å²) in [6.07, 6.45) is 0. The van der Waals surface area contributed by atoms with Crippen molar-refractivity contribution in [2.24, 2.45) is 0 Å². The van der Waals surface area contributed by atoms with Crippen LogP contribution in [0.2, 0.25) is 0 Å². The highest BCUT2D eigenvalue weighted by atomic mass is 32.2. The van der Waals surface area contributed by atoms with Crippen molar-refractivity contribution in [3.63, 3.8) is 0 Å². The number of anilines is 1. The maximum atomic E-state index is 12.3. The fourth-order valence-corrected chi connectivity index (χ4v) is 3.77. The van der Waals surface area contributed by atoms with Gasteiger partial charge in [-0.3, -0.25) is 9.69 Å². The quantitative estimate of drug-likeness (QED) is 0.798. The lowest BCUT2D eigenvalue weighted by molar-refractivity contribution is -0.115. The molecule has 2 aromatic carbocycles. The topological polar surface area (TPSA) is 55.8 Å². The summed E-state index contributed by atoms with van der Waals surface area (Å²) in [5, 5.41) is -0.0904. The molecule has 1 fully saturated rings. The molecule has 1 aliphatic rings. The summed E-state index contributed by atoms with van der Waals surface area (Å²) in [4.78, 5) is 25.6. The second-order valence-corrected chi connectivity index (χ2v) is 6.31. The zero-order chi connectivity index (χ0) is 17.1. The summed E-state index contributed by atoms with van der Waals surface area (Å²) in [7, 11) is 2.97. The van der Waals surface area contributed by atoms with Crippen LogP contribution < -0.4 is 9.64 Å². The Balaban J connectivity index is 1.88. The van der Waals surface area contributed by atoms with E-state index in [0.717, 1.165) is 17.0 Å². The molecule has 1 aliphatic heterocycles. The van der Waals surface area contributed by atoms with Crippen LogP contribution in [0.15, 0.2) is 48.5 Å². The van der Waals surface area contributed by atoms with Gasteiger partial charge in [-0.15, -0.1) is 11.8 Å². The molecule has 1 heterocycles. The zero-order valence-corrected chi connectivity index (χ0v) is 14.2. The number of rotatable bonds is 4. The summed E-state index contributed by atoms with van der Waals surface area (Å²) in [5.41, 5.74) is 2.25. The minimum Gasteiger partial charge on any atom is -0.497 e. The second kappa shape index (κ2) is 6.97. The standard InChI is InChI=1S/C18H17NO4S/c1-22-15-9-5-12(6-10-15)17-19(16(20)11-24-17)14-7-3-13(4-8-14)18(21)23-2/h3-10,17H,11H2,1-2H3. The van der Waals surface area contributed by atoms with Crippen LogP contribution in [0.3, 0.4) is 0 Å². The Morgan fingerprint density at radius 1 is 1.08 bits per heavy atom. The molecule has 1 atom stereocenters. The first-order valence-corrected chi connectivity index (χ1v) is 8.45. The van der Waals surface area contributed by atoms with Gasteiger partial charge in [0.15, 0.2) is 0 Å². The summed E-state index contributed by atoms with van der Waals surface area (Å²) < 4.78 is 9.88. The molecule has 124 valence electrons. The van der Waals surface area contributed by atoms with Gasteiger partial charge in [-0.05, 0) is 42.0 Å². The van der Waals surface area contributed by atoms with Crippen LogP contribution in [-0.4, -0.2) is 31.8 Å². The third-order valence-electron chi connectivity index (χ3n) is 3.84. The number of ether oxygens (including phenoxy) is 2. The molecule has 5 nitrogen and oxygen atoms in total. The SMILES string of the molecule is COC(=O)c1ccc(N2C(=O)CSC2c2ccc(OC)cc2)cc1. The monoisotopic (exact) mass is 343 g/mol. The number of methoxy groups -OCH3 is 2. The Morgan fingerprint density at radius 2 is 1.75 bits per heavy atom. The Morgan fingerprint density at radius 3 is 2.33 bits per heavy atom. The van der Waals surface area contributed by atoms with E-state index in [1.807, 2.05) is 24.3 Å². The van der Waals surface area contributed by atoms with Crippen molar-refractivity contribution < 1.29 is 19.1 Å². The van der Waals surface area contributed by atoms with Crippen molar-refractivity contribution in [1.29, 1.82) is 0 Å². The number of esters is 1. The largest absolute Gasteiger partial charge is 0.497 e. The van der Waals surface area contributed by atoms with Gasteiger partial charge in [-0.1, -0.05) is 12.1 Å². The molecule has 24 heavy (non-hydrogen) atoms. The number of carbonyl (C=O) groups excluding carboxylic acids is 2. The average Bonchev–Trinajstić information content (AvgIpc) is 3.02. The second-order valence-electron chi connectivity index (χ2n) is 5.24. The number of benzene rings is 2. The van der Waals surface area contributed by atoms with E-state index in [4.69, 9.17) is 9.47 Å². The number of amides is 1. The van der Waals surface area contributed by atoms with Crippen LogP contribution in [0.5, 0.6) is 5.75 Å². The summed E-state index contributed by atoms with van der Waals surface area (Å²) in [6, 6.07) is 14.6. The number of thioether (sulfide) groups is 1. The van der Waals surface area contributed by atoms with E-state index in [2.05, 4.69) is 0 Å². The van der Waals surface area contributed by atoms with Crippen molar-refractivity contribution in [2.45, 2.75) is 5.37 Å². The fourth-order valence-electron chi connectivity index (χ4n) is 2.59. The lowest BCUT2D eigenvalue weighted by Gasteiger charge is -2.24. The lowest BCUT2D eigenvalue weighted by atomic mass is 10.1. The van der Waals surface area contributed by atoms with Crippen molar-refractivity contribution in [3.8, 4) is 5.75 Å². The van der Waals surface area contributed by atoms with Crippen LogP contribution >= 0.6 is 11.8 Å². The minimum atomic E-state index is -0.393. The zero-order valence-electron chi connectivity index (χ0n) is 13.4. The molecule has 0 aromatic heterocycles. The normalized spacial score (nSPS) is 17.0. The molecular formula is C18H17NO4S. The molecule has 3 rings (SSSR count). The predicted molar refractivity (Wildman–Crippen MR) is 93.5 cm³/mol. The first-order valence-electron chi connectivity index (χ1n) is 7.40. The van der Waals surface area contributed by atoms with Crippen molar-refractivity contribution in [1.82, 2.24) is 0 Å². The van der Waals surface area contributed by atoms with E-state index in [1.165, 1.54) is 7.11 Å². The molecule has 0 saturated carbocycles. The van der Waals surface area contributed by atoms with E-state index in [9.17, 15) is 9.59 Å². The van der Waals surface area contributed by atoms with Crippen LogP contribution in [0.4, 0.5) is 5.69 Å². The molecule has 1 unspecified atom stereocenters. The fraction of sp³-hybridized carbons (Fsp3) is 0.222.